The van der Waals surface area contributed by atoms with E-state index >= 15 is 0 Å². The fraction of sp³-hybridized carbons (Fsp3) is 0.680. The highest BCUT2D eigenvalue weighted by Gasteiger charge is 2.35. The third kappa shape index (κ3) is 6.83. The van der Waals surface area contributed by atoms with E-state index in [9.17, 15) is 9.59 Å². The molecule has 1 amide bonds. The Balaban J connectivity index is 2.12. The minimum absolute atomic E-state index is 0.0334. The summed E-state index contributed by atoms with van der Waals surface area (Å²) < 4.78 is 5.34. The van der Waals surface area contributed by atoms with Crippen LogP contribution in [0.3, 0.4) is 0 Å². The summed E-state index contributed by atoms with van der Waals surface area (Å²) in [6, 6.07) is 7.60. The van der Waals surface area contributed by atoms with Gasteiger partial charge in [-0.3, -0.25) is 9.69 Å². The summed E-state index contributed by atoms with van der Waals surface area (Å²) in [7, 11) is 0. The Bertz CT molecular complexity index is 665. The predicted octanol–water partition coefficient (Wildman–Crippen LogP) is 4.30. The number of likely N-dealkylation sites (tertiary alicyclic amines) is 1. The minimum atomic E-state index is -0.636. The molecule has 1 fully saturated rings. The van der Waals surface area contributed by atoms with Gasteiger partial charge in [0.15, 0.2) is 0 Å². The summed E-state index contributed by atoms with van der Waals surface area (Å²) >= 11 is 0. The van der Waals surface area contributed by atoms with Crippen molar-refractivity contribution < 1.29 is 14.3 Å². The van der Waals surface area contributed by atoms with Crippen LogP contribution in [0, 0.1) is 5.92 Å². The summed E-state index contributed by atoms with van der Waals surface area (Å²) in [6.45, 7) is 12.4. The normalized spacial score (nSPS) is 17.9. The van der Waals surface area contributed by atoms with Crippen LogP contribution in [0.5, 0.6) is 0 Å². The molecule has 0 aromatic heterocycles. The number of hydrogen-bond acceptors (Lipinski definition) is 4. The number of piperidine rings is 1. The zero-order chi connectivity index (χ0) is 22.1. The van der Waals surface area contributed by atoms with Crippen LogP contribution in [0.15, 0.2) is 24.3 Å². The number of nitrogens with zero attached hydrogens (tertiary/aromatic N) is 1. The van der Waals surface area contributed by atoms with Crippen LogP contribution in [0.4, 0.5) is 0 Å². The Morgan fingerprint density at radius 2 is 1.67 bits per heavy atom. The Morgan fingerprint density at radius 1 is 1.03 bits per heavy atom. The number of carbonyl (C=O) groups is 2. The molecule has 1 aromatic rings. The molecule has 0 radical (unpaired) electrons. The second-order valence-corrected chi connectivity index (χ2v) is 8.87. The Kier molecular flexibility index (Phi) is 9.83. The van der Waals surface area contributed by atoms with E-state index in [2.05, 4.69) is 43.1 Å². The lowest BCUT2D eigenvalue weighted by atomic mass is 9.95. The van der Waals surface area contributed by atoms with Gasteiger partial charge >= 0.3 is 5.97 Å². The van der Waals surface area contributed by atoms with E-state index in [0.717, 1.165) is 44.3 Å². The molecule has 5 heteroatoms. The fourth-order valence-electron chi connectivity index (χ4n) is 4.34. The van der Waals surface area contributed by atoms with Crippen molar-refractivity contribution in [2.24, 2.45) is 5.92 Å². The van der Waals surface area contributed by atoms with Crippen LogP contribution < -0.4 is 5.32 Å². The molecule has 0 saturated carbocycles. The van der Waals surface area contributed by atoms with Crippen molar-refractivity contribution >= 4 is 11.9 Å². The molecule has 1 saturated heterocycles. The first-order chi connectivity index (χ1) is 14.4. The molecule has 0 aliphatic carbocycles. The van der Waals surface area contributed by atoms with Crippen molar-refractivity contribution in [1.29, 1.82) is 0 Å². The molecule has 1 aromatic carbocycles. The summed E-state index contributed by atoms with van der Waals surface area (Å²) in [5.74, 6) is -0.181. The molecule has 1 N–H and O–H groups in total. The SMILES string of the molecule is CCOC(=O)[C@@H](NC(=O)C(C)c1ccc(CC(C)C)cc1)[C@@H](CC)N1CCCCC1. The van der Waals surface area contributed by atoms with Crippen LogP contribution in [0.1, 0.15) is 77.3 Å². The molecule has 5 nitrogen and oxygen atoms in total. The van der Waals surface area contributed by atoms with Gasteiger partial charge in [-0.05, 0) is 69.7 Å². The lowest BCUT2D eigenvalue weighted by Gasteiger charge is -2.38. The van der Waals surface area contributed by atoms with Gasteiger partial charge in [0.2, 0.25) is 5.91 Å². The first-order valence-electron chi connectivity index (χ1n) is 11.7. The highest BCUT2D eigenvalue weighted by atomic mass is 16.5. The molecule has 168 valence electrons. The molecular formula is C25H40N2O3. The monoisotopic (exact) mass is 416 g/mol. The van der Waals surface area contributed by atoms with Crippen LogP contribution in [0.2, 0.25) is 0 Å². The number of carbonyl (C=O) groups excluding carboxylic acids is 2. The topological polar surface area (TPSA) is 58.6 Å². The van der Waals surface area contributed by atoms with Gasteiger partial charge < -0.3 is 10.1 Å². The van der Waals surface area contributed by atoms with Crippen molar-refractivity contribution in [2.75, 3.05) is 19.7 Å². The number of amides is 1. The minimum Gasteiger partial charge on any atom is -0.464 e. The maximum absolute atomic E-state index is 13.1. The first kappa shape index (κ1) is 24.4. The van der Waals surface area contributed by atoms with Gasteiger partial charge in [-0.2, -0.15) is 0 Å². The second kappa shape index (κ2) is 12.1. The number of hydrogen-bond donors (Lipinski definition) is 1. The predicted molar refractivity (Wildman–Crippen MR) is 121 cm³/mol. The molecule has 1 heterocycles. The van der Waals surface area contributed by atoms with Gasteiger partial charge in [0.05, 0.1) is 12.5 Å². The highest BCUT2D eigenvalue weighted by Crippen LogP contribution is 2.21. The highest BCUT2D eigenvalue weighted by molar-refractivity contribution is 5.88. The lowest BCUT2D eigenvalue weighted by Crippen LogP contribution is -2.57. The molecule has 0 spiro atoms. The fourth-order valence-corrected chi connectivity index (χ4v) is 4.34. The largest absolute Gasteiger partial charge is 0.464 e. The van der Waals surface area contributed by atoms with Gasteiger partial charge in [-0.1, -0.05) is 51.5 Å². The standard InChI is InChI=1S/C25H40N2O3/c1-6-22(27-15-9-8-10-16-27)23(25(29)30-7-2)26-24(28)19(5)21-13-11-20(12-14-21)17-18(3)4/h11-14,18-19,22-23H,6-10,15-17H2,1-5H3,(H,26,28)/t19?,22-,23+/m1/s1. The van der Waals surface area contributed by atoms with Crippen LogP contribution in [-0.4, -0.2) is 48.6 Å². The summed E-state index contributed by atoms with van der Waals surface area (Å²) in [5, 5.41) is 3.04. The molecule has 1 aliphatic rings. The molecule has 3 atom stereocenters. The third-order valence-corrected chi connectivity index (χ3v) is 6.02. The van der Waals surface area contributed by atoms with E-state index in [4.69, 9.17) is 4.74 Å². The molecule has 0 bridgehead atoms. The van der Waals surface area contributed by atoms with Gasteiger partial charge in [-0.15, -0.1) is 0 Å². The van der Waals surface area contributed by atoms with Crippen molar-refractivity contribution in [1.82, 2.24) is 10.2 Å². The number of rotatable bonds is 10. The smallest absolute Gasteiger partial charge is 0.330 e. The average molecular weight is 417 g/mol. The van der Waals surface area contributed by atoms with E-state index in [1.54, 1.807) is 6.92 Å². The van der Waals surface area contributed by atoms with Gasteiger partial charge in [-0.25, -0.2) is 4.79 Å². The Labute approximate surface area is 182 Å². The van der Waals surface area contributed by atoms with Crippen molar-refractivity contribution in [3.05, 3.63) is 35.4 Å². The maximum atomic E-state index is 13.1. The molecular weight excluding hydrogens is 376 g/mol. The lowest BCUT2D eigenvalue weighted by molar-refractivity contribution is -0.150. The zero-order valence-electron chi connectivity index (χ0n) is 19.4. The first-order valence-corrected chi connectivity index (χ1v) is 11.7. The second-order valence-electron chi connectivity index (χ2n) is 8.87. The number of nitrogens with one attached hydrogen (secondary N) is 1. The molecule has 1 aliphatic heterocycles. The van der Waals surface area contributed by atoms with Gasteiger partial charge in [0.25, 0.3) is 0 Å². The summed E-state index contributed by atoms with van der Waals surface area (Å²) in [6.07, 6.45) is 5.33. The third-order valence-electron chi connectivity index (χ3n) is 6.02. The number of esters is 1. The van der Waals surface area contributed by atoms with E-state index in [-0.39, 0.29) is 23.8 Å². The zero-order valence-corrected chi connectivity index (χ0v) is 19.4. The molecule has 30 heavy (non-hydrogen) atoms. The average Bonchev–Trinajstić information content (AvgIpc) is 2.74. The Hall–Kier alpha value is -1.88. The van der Waals surface area contributed by atoms with E-state index in [1.165, 1.54) is 12.0 Å². The van der Waals surface area contributed by atoms with Crippen molar-refractivity contribution in [2.45, 2.75) is 84.7 Å². The van der Waals surface area contributed by atoms with E-state index in [1.807, 2.05) is 19.1 Å². The van der Waals surface area contributed by atoms with Crippen LogP contribution in [-0.2, 0) is 20.7 Å². The number of benzene rings is 1. The van der Waals surface area contributed by atoms with Gasteiger partial charge in [0, 0.05) is 6.04 Å². The quantitative estimate of drug-likeness (QED) is 0.578. The Morgan fingerprint density at radius 3 is 2.20 bits per heavy atom. The van der Waals surface area contributed by atoms with E-state index < -0.39 is 6.04 Å². The van der Waals surface area contributed by atoms with E-state index in [0.29, 0.717) is 12.5 Å². The van der Waals surface area contributed by atoms with Crippen molar-refractivity contribution in [3.63, 3.8) is 0 Å². The van der Waals surface area contributed by atoms with Crippen LogP contribution >= 0.6 is 0 Å². The van der Waals surface area contributed by atoms with Crippen LogP contribution in [0.25, 0.3) is 0 Å². The van der Waals surface area contributed by atoms with Crippen molar-refractivity contribution in [3.8, 4) is 0 Å². The van der Waals surface area contributed by atoms with Gasteiger partial charge in [0.1, 0.15) is 6.04 Å². The summed E-state index contributed by atoms with van der Waals surface area (Å²) in [5.41, 5.74) is 2.25. The maximum Gasteiger partial charge on any atom is 0.330 e. The molecule has 1 unspecified atom stereocenters. The summed E-state index contributed by atoms with van der Waals surface area (Å²) in [4.78, 5) is 28.2. The number of ether oxygens (including phenoxy) is 1. The molecule has 2 rings (SSSR count).